The fraction of sp³-hybridized carbons (Fsp3) is 0.529. The molecule has 1 N–H and O–H groups in total. The summed E-state index contributed by atoms with van der Waals surface area (Å²) in [6.45, 7) is 6.57. The summed E-state index contributed by atoms with van der Waals surface area (Å²) in [5, 5.41) is 6.54. The van der Waals surface area contributed by atoms with Gasteiger partial charge in [0.25, 0.3) is 5.91 Å². The van der Waals surface area contributed by atoms with E-state index >= 15 is 0 Å². The van der Waals surface area contributed by atoms with Crippen molar-refractivity contribution in [2.24, 2.45) is 11.3 Å². The minimum absolute atomic E-state index is 0.0443. The number of fused-ring (bicyclic) bond motifs is 1. The van der Waals surface area contributed by atoms with E-state index in [9.17, 15) is 4.79 Å². The monoisotopic (exact) mass is 331 g/mol. The quantitative estimate of drug-likeness (QED) is 0.893. The van der Waals surface area contributed by atoms with Gasteiger partial charge in [0.2, 0.25) is 5.76 Å². The average Bonchev–Trinajstić information content (AvgIpc) is 3.29. The molecule has 0 unspecified atom stereocenters. The number of carbonyl (C=O) groups is 1. The molecule has 0 radical (unpaired) electrons. The number of carbonyl (C=O) groups excluding carboxylic acids is 1. The molecule has 7 heteroatoms. The SMILES string of the molecule is Cc1ccc(CN2C[C@@H]3COC[C@]3(CNC(=O)c3ccno3)C2)o1. The van der Waals surface area contributed by atoms with E-state index in [1.807, 2.05) is 19.1 Å². The first-order valence-electron chi connectivity index (χ1n) is 8.19. The van der Waals surface area contributed by atoms with Gasteiger partial charge in [-0.25, -0.2) is 0 Å². The van der Waals surface area contributed by atoms with Crippen LogP contribution in [0.1, 0.15) is 22.1 Å². The van der Waals surface area contributed by atoms with Crippen molar-refractivity contribution in [3.63, 3.8) is 0 Å². The van der Waals surface area contributed by atoms with Gasteiger partial charge in [0.15, 0.2) is 0 Å². The lowest BCUT2D eigenvalue weighted by Crippen LogP contribution is -2.43. The van der Waals surface area contributed by atoms with Crippen LogP contribution < -0.4 is 5.32 Å². The van der Waals surface area contributed by atoms with Gasteiger partial charge in [-0.2, -0.15) is 0 Å². The second-order valence-electron chi connectivity index (χ2n) is 6.82. The second-order valence-corrected chi connectivity index (χ2v) is 6.82. The number of rotatable bonds is 5. The molecule has 2 aromatic rings. The Hall–Kier alpha value is -2.12. The summed E-state index contributed by atoms with van der Waals surface area (Å²) in [6.07, 6.45) is 1.47. The van der Waals surface area contributed by atoms with Crippen molar-refractivity contribution < 1.29 is 18.5 Å². The van der Waals surface area contributed by atoms with Crippen LogP contribution >= 0.6 is 0 Å². The zero-order chi connectivity index (χ0) is 16.6. The number of ether oxygens (including phenoxy) is 1. The highest BCUT2D eigenvalue weighted by Gasteiger charge is 2.50. The van der Waals surface area contributed by atoms with Crippen LogP contribution in [0.2, 0.25) is 0 Å². The molecule has 0 spiro atoms. The van der Waals surface area contributed by atoms with Gasteiger partial charge in [0.05, 0.1) is 26.0 Å². The summed E-state index contributed by atoms with van der Waals surface area (Å²) in [5.74, 6) is 2.34. The van der Waals surface area contributed by atoms with Crippen molar-refractivity contribution >= 4 is 5.91 Å². The Morgan fingerprint density at radius 1 is 1.46 bits per heavy atom. The number of aryl methyl sites for hydroxylation is 1. The van der Waals surface area contributed by atoms with Gasteiger partial charge in [0.1, 0.15) is 11.5 Å². The predicted molar refractivity (Wildman–Crippen MR) is 84.3 cm³/mol. The molecular weight excluding hydrogens is 310 g/mol. The summed E-state index contributed by atoms with van der Waals surface area (Å²) in [5.41, 5.74) is -0.0443. The van der Waals surface area contributed by atoms with Crippen LogP contribution in [0.4, 0.5) is 0 Å². The average molecular weight is 331 g/mol. The third-order valence-corrected chi connectivity index (χ3v) is 5.03. The number of nitrogens with zero attached hydrogens (tertiary/aromatic N) is 2. The molecule has 4 heterocycles. The number of nitrogens with one attached hydrogen (secondary N) is 1. The Kier molecular flexibility index (Phi) is 3.90. The van der Waals surface area contributed by atoms with Crippen molar-refractivity contribution in [3.8, 4) is 0 Å². The fourth-order valence-electron chi connectivity index (χ4n) is 3.78. The van der Waals surface area contributed by atoms with Crippen molar-refractivity contribution in [1.82, 2.24) is 15.4 Å². The van der Waals surface area contributed by atoms with E-state index in [0.717, 1.165) is 37.8 Å². The van der Waals surface area contributed by atoms with Gasteiger partial charge in [-0.1, -0.05) is 5.16 Å². The Morgan fingerprint density at radius 3 is 3.12 bits per heavy atom. The standard InChI is InChI=1S/C17H21N3O4/c1-12-2-3-14(23-12)7-20-6-13-8-22-11-17(13,10-20)9-18-16(21)15-4-5-19-24-15/h2-5,13H,6-11H2,1H3,(H,18,21)/t13-,17+/m1/s1. The first-order chi connectivity index (χ1) is 11.6. The Labute approximate surface area is 139 Å². The molecule has 128 valence electrons. The molecule has 2 aliphatic heterocycles. The Balaban J connectivity index is 1.40. The molecule has 7 nitrogen and oxygen atoms in total. The van der Waals surface area contributed by atoms with E-state index in [0.29, 0.717) is 19.1 Å². The van der Waals surface area contributed by atoms with E-state index < -0.39 is 0 Å². The highest BCUT2D eigenvalue weighted by molar-refractivity contribution is 5.91. The van der Waals surface area contributed by atoms with E-state index in [-0.39, 0.29) is 17.1 Å². The molecule has 2 aliphatic rings. The molecule has 2 atom stereocenters. The molecule has 2 saturated heterocycles. The van der Waals surface area contributed by atoms with E-state index in [1.54, 1.807) is 6.07 Å². The minimum atomic E-state index is -0.229. The highest BCUT2D eigenvalue weighted by Crippen LogP contribution is 2.41. The number of furan rings is 1. The molecule has 4 rings (SSSR count). The van der Waals surface area contributed by atoms with Gasteiger partial charge in [0, 0.05) is 37.0 Å². The summed E-state index contributed by atoms with van der Waals surface area (Å²) < 4.78 is 16.3. The molecule has 0 aliphatic carbocycles. The lowest BCUT2D eigenvalue weighted by Gasteiger charge is -2.27. The first kappa shape index (κ1) is 15.4. The Bertz CT molecular complexity index is 711. The van der Waals surface area contributed by atoms with E-state index in [4.69, 9.17) is 13.7 Å². The van der Waals surface area contributed by atoms with Gasteiger partial charge in [-0.15, -0.1) is 0 Å². The van der Waals surface area contributed by atoms with Gasteiger partial charge in [-0.3, -0.25) is 9.69 Å². The van der Waals surface area contributed by atoms with Crippen LogP contribution in [0.25, 0.3) is 0 Å². The van der Waals surface area contributed by atoms with Gasteiger partial charge in [-0.05, 0) is 19.1 Å². The van der Waals surface area contributed by atoms with Crippen molar-refractivity contribution in [1.29, 1.82) is 0 Å². The molecule has 24 heavy (non-hydrogen) atoms. The van der Waals surface area contributed by atoms with Gasteiger partial charge < -0.3 is 19.0 Å². The van der Waals surface area contributed by atoms with Crippen LogP contribution in [0.5, 0.6) is 0 Å². The molecule has 0 aromatic carbocycles. The normalized spacial score (nSPS) is 26.6. The smallest absolute Gasteiger partial charge is 0.289 e. The van der Waals surface area contributed by atoms with Crippen LogP contribution in [0.15, 0.2) is 33.3 Å². The molecular formula is C17H21N3O4. The number of amides is 1. The zero-order valence-electron chi connectivity index (χ0n) is 13.7. The zero-order valence-corrected chi connectivity index (χ0v) is 13.7. The molecule has 0 saturated carbocycles. The molecule has 1 amide bonds. The van der Waals surface area contributed by atoms with Crippen LogP contribution in [-0.4, -0.2) is 48.8 Å². The van der Waals surface area contributed by atoms with E-state index in [1.165, 1.54) is 6.20 Å². The minimum Gasteiger partial charge on any atom is -0.465 e. The molecule has 0 bridgehead atoms. The highest BCUT2D eigenvalue weighted by atomic mass is 16.5. The summed E-state index contributed by atoms with van der Waals surface area (Å²) in [4.78, 5) is 14.5. The largest absolute Gasteiger partial charge is 0.465 e. The topological polar surface area (TPSA) is 80.7 Å². The number of aromatic nitrogens is 1. The second kappa shape index (κ2) is 6.07. The number of hydrogen-bond donors (Lipinski definition) is 1. The number of hydrogen-bond acceptors (Lipinski definition) is 6. The van der Waals surface area contributed by atoms with Crippen molar-refractivity contribution in [2.75, 3.05) is 32.8 Å². The van der Waals surface area contributed by atoms with Gasteiger partial charge >= 0.3 is 0 Å². The lowest BCUT2D eigenvalue weighted by molar-refractivity contribution is 0.0867. The van der Waals surface area contributed by atoms with Crippen molar-refractivity contribution in [2.45, 2.75) is 13.5 Å². The number of likely N-dealkylation sites (tertiary alicyclic amines) is 1. The summed E-state index contributed by atoms with van der Waals surface area (Å²) >= 11 is 0. The fourth-order valence-corrected chi connectivity index (χ4v) is 3.78. The summed E-state index contributed by atoms with van der Waals surface area (Å²) in [6, 6.07) is 5.58. The van der Waals surface area contributed by atoms with Crippen molar-refractivity contribution in [3.05, 3.63) is 41.7 Å². The third-order valence-electron chi connectivity index (χ3n) is 5.03. The lowest BCUT2D eigenvalue weighted by atomic mass is 9.81. The summed E-state index contributed by atoms with van der Waals surface area (Å²) in [7, 11) is 0. The van der Waals surface area contributed by atoms with Crippen LogP contribution in [-0.2, 0) is 11.3 Å². The molecule has 2 fully saturated rings. The maximum absolute atomic E-state index is 12.1. The maximum Gasteiger partial charge on any atom is 0.289 e. The Morgan fingerprint density at radius 2 is 2.38 bits per heavy atom. The van der Waals surface area contributed by atoms with Crippen LogP contribution in [0, 0.1) is 18.3 Å². The molecule has 2 aromatic heterocycles. The van der Waals surface area contributed by atoms with E-state index in [2.05, 4.69) is 15.4 Å². The predicted octanol–water partition coefficient (Wildman–Crippen LogP) is 1.45. The first-order valence-corrected chi connectivity index (χ1v) is 8.19. The third kappa shape index (κ3) is 2.85. The van der Waals surface area contributed by atoms with Crippen LogP contribution in [0.3, 0.4) is 0 Å². The maximum atomic E-state index is 12.1.